The van der Waals surface area contributed by atoms with Crippen molar-refractivity contribution in [2.24, 2.45) is 0 Å². The Morgan fingerprint density at radius 1 is 1.09 bits per heavy atom. The summed E-state index contributed by atoms with van der Waals surface area (Å²) in [5.74, 6) is -0.640. The highest BCUT2D eigenvalue weighted by atomic mass is 16.2. The number of benzene rings is 2. The fourth-order valence-corrected chi connectivity index (χ4v) is 3.84. The van der Waals surface area contributed by atoms with Crippen molar-refractivity contribution < 1.29 is 9.59 Å². The first-order valence-electron chi connectivity index (χ1n) is 11.5. The molecule has 2 amide bonds. The molecule has 0 aliphatic rings. The molecule has 4 rings (SSSR count). The molecular formula is C27H29N5O2. The highest BCUT2D eigenvalue weighted by molar-refractivity contribution is 6.06. The predicted octanol–water partition coefficient (Wildman–Crippen LogP) is 4.14. The molecule has 0 radical (unpaired) electrons. The maximum absolute atomic E-state index is 13.1. The molecule has 2 N–H and O–H groups in total. The molecule has 2 aromatic carbocycles. The van der Waals surface area contributed by atoms with Crippen LogP contribution in [0.25, 0.3) is 17.0 Å². The molecule has 4 aromatic rings. The van der Waals surface area contributed by atoms with Gasteiger partial charge in [0.1, 0.15) is 5.70 Å². The first-order chi connectivity index (χ1) is 16.5. The molecule has 7 nitrogen and oxygen atoms in total. The van der Waals surface area contributed by atoms with E-state index in [4.69, 9.17) is 0 Å². The Hall–Kier alpha value is -4.13. The number of aromatic nitrogens is 3. The Bertz CT molecular complexity index is 1300. The summed E-state index contributed by atoms with van der Waals surface area (Å²) in [5.41, 5.74) is 3.74. The highest BCUT2D eigenvalue weighted by Crippen LogP contribution is 2.23. The zero-order valence-electron chi connectivity index (χ0n) is 19.5. The first kappa shape index (κ1) is 23.0. The van der Waals surface area contributed by atoms with Crippen LogP contribution < -0.4 is 10.6 Å². The van der Waals surface area contributed by atoms with Crippen LogP contribution in [0, 0.1) is 6.92 Å². The molecule has 0 unspecified atom stereocenters. The number of para-hydroxylation sites is 1. The molecule has 0 spiro atoms. The Labute approximate surface area is 199 Å². The summed E-state index contributed by atoms with van der Waals surface area (Å²) in [6, 6.07) is 15.3. The summed E-state index contributed by atoms with van der Waals surface area (Å²) in [7, 11) is 0. The molecule has 0 atom stereocenters. The average molecular weight is 456 g/mol. The number of amides is 2. The molecule has 0 bridgehead atoms. The maximum Gasteiger partial charge on any atom is 0.267 e. The SMILES string of the molecule is CCn1cc(/C=C(\NC(=O)c2ccc(C)cc2)C(=O)NCCCn2ccnc2)c2ccccc21. The molecule has 7 heteroatoms. The van der Waals surface area contributed by atoms with Crippen LogP contribution >= 0.6 is 0 Å². The van der Waals surface area contributed by atoms with Gasteiger partial charge in [0, 0.05) is 60.3 Å². The average Bonchev–Trinajstić information content (AvgIpc) is 3.49. The minimum absolute atomic E-state index is 0.215. The van der Waals surface area contributed by atoms with Gasteiger partial charge in [0.2, 0.25) is 0 Å². The molecule has 0 aliphatic carbocycles. The molecule has 34 heavy (non-hydrogen) atoms. The van der Waals surface area contributed by atoms with Crippen LogP contribution in [-0.4, -0.2) is 32.5 Å². The fraction of sp³-hybridized carbons (Fsp3) is 0.222. The van der Waals surface area contributed by atoms with Crippen LogP contribution in [0.1, 0.15) is 34.8 Å². The third-order valence-electron chi connectivity index (χ3n) is 5.70. The van der Waals surface area contributed by atoms with Crippen LogP contribution in [0.4, 0.5) is 0 Å². The van der Waals surface area contributed by atoms with Crippen LogP contribution in [0.2, 0.25) is 0 Å². The Morgan fingerprint density at radius 2 is 1.88 bits per heavy atom. The molecule has 0 fully saturated rings. The van der Waals surface area contributed by atoms with Gasteiger partial charge in [-0.3, -0.25) is 9.59 Å². The van der Waals surface area contributed by atoms with Gasteiger partial charge >= 0.3 is 0 Å². The van der Waals surface area contributed by atoms with Gasteiger partial charge in [0.05, 0.1) is 6.33 Å². The topological polar surface area (TPSA) is 81.0 Å². The Balaban J connectivity index is 1.57. The number of aryl methyl sites for hydroxylation is 3. The molecule has 0 saturated carbocycles. The highest BCUT2D eigenvalue weighted by Gasteiger charge is 2.16. The lowest BCUT2D eigenvalue weighted by Crippen LogP contribution is -2.35. The van der Waals surface area contributed by atoms with Gasteiger partial charge in [-0.05, 0) is 44.5 Å². The van der Waals surface area contributed by atoms with E-state index in [1.807, 2.05) is 54.2 Å². The van der Waals surface area contributed by atoms with E-state index >= 15 is 0 Å². The number of imidazole rings is 1. The lowest BCUT2D eigenvalue weighted by atomic mass is 10.1. The molecule has 0 saturated heterocycles. The zero-order valence-corrected chi connectivity index (χ0v) is 19.5. The number of nitrogens with one attached hydrogen (secondary N) is 2. The fourth-order valence-electron chi connectivity index (χ4n) is 3.84. The van der Waals surface area contributed by atoms with Crippen molar-refractivity contribution in [2.75, 3.05) is 6.54 Å². The number of fused-ring (bicyclic) bond motifs is 1. The summed E-state index contributed by atoms with van der Waals surface area (Å²) >= 11 is 0. The van der Waals surface area contributed by atoms with Crippen LogP contribution in [0.5, 0.6) is 0 Å². The van der Waals surface area contributed by atoms with E-state index in [9.17, 15) is 9.59 Å². The number of hydrogen-bond donors (Lipinski definition) is 2. The molecule has 2 heterocycles. The van der Waals surface area contributed by atoms with Gasteiger partial charge in [0.25, 0.3) is 11.8 Å². The maximum atomic E-state index is 13.1. The molecule has 174 valence electrons. The van der Waals surface area contributed by atoms with Crippen molar-refractivity contribution in [1.82, 2.24) is 24.8 Å². The second kappa shape index (κ2) is 10.7. The van der Waals surface area contributed by atoms with E-state index < -0.39 is 0 Å². The molecule has 0 aliphatic heterocycles. The Morgan fingerprint density at radius 3 is 2.62 bits per heavy atom. The van der Waals surface area contributed by atoms with Gasteiger partial charge in [-0.1, -0.05) is 35.9 Å². The van der Waals surface area contributed by atoms with Gasteiger partial charge in [0.15, 0.2) is 0 Å². The van der Waals surface area contributed by atoms with Gasteiger partial charge in [-0.2, -0.15) is 0 Å². The van der Waals surface area contributed by atoms with E-state index in [0.29, 0.717) is 12.1 Å². The van der Waals surface area contributed by atoms with Gasteiger partial charge in [-0.15, -0.1) is 0 Å². The largest absolute Gasteiger partial charge is 0.351 e. The molecular weight excluding hydrogens is 426 g/mol. The summed E-state index contributed by atoms with van der Waals surface area (Å²) < 4.78 is 4.09. The monoisotopic (exact) mass is 455 g/mol. The summed E-state index contributed by atoms with van der Waals surface area (Å²) in [5, 5.41) is 6.80. The number of nitrogens with zero attached hydrogens (tertiary/aromatic N) is 3. The third kappa shape index (κ3) is 5.43. The van der Waals surface area contributed by atoms with E-state index in [1.165, 1.54) is 0 Å². The summed E-state index contributed by atoms with van der Waals surface area (Å²) in [6.45, 7) is 6.07. The third-order valence-corrected chi connectivity index (χ3v) is 5.70. The lowest BCUT2D eigenvalue weighted by molar-refractivity contribution is -0.117. The zero-order chi connectivity index (χ0) is 23.9. The smallest absolute Gasteiger partial charge is 0.267 e. The van der Waals surface area contributed by atoms with E-state index in [-0.39, 0.29) is 17.5 Å². The minimum Gasteiger partial charge on any atom is -0.351 e. The number of hydrogen-bond acceptors (Lipinski definition) is 3. The Kier molecular flexibility index (Phi) is 7.22. The van der Waals surface area contributed by atoms with Crippen molar-refractivity contribution in [3.8, 4) is 0 Å². The quantitative estimate of drug-likeness (QED) is 0.294. The normalized spacial score (nSPS) is 11.5. The summed E-state index contributed by atoms with van der Waals surface area (Å²) in [4.78, 5) is 30.1. The predicted molar refractivity (Wildman–Crippen MR) is 134 cm³/mol. The second-order valence-corrected chi connectivity index (χ2v) is 8.18. The lowest BCUT2D eigenvalue weighted by Gasteiger charge is -2.11. The second-order valence-electron chi connectivity index (χ2n) is 8.18. The van der Waals surface area contributed by atoms with Crippen LogP contribution in [0.3, 0.4) is 0 Å². The van der Waals surface area contributed by atoms with Crippen LogP contribution in [0.15, 0.2) is 79.1 Å². The number of carbonyl (C=O) groups excluding carboxylic acids is 2. The van der Waals surface area contributed by atoms with Gasteiger partial charge in [-0.25, -0.2) is 4.98 Å². The van der Waals surface area contributed by atoms with E-state index in [1.54, 1.807) is 30.7 Å². The molecule has 2 aromatic heterocycles. The summed E-state index contributed by atoms with van der Waals surface area (Å²) in [6.07, 6.45) is 9.88. The van der Waals surface area contributed by atoms with Crippen molar-refractivity contribution in [3.63, 3.8) is 0 Å². The van der Waals surface area contributed by atoms with Crippen molar-refractivity contribution >= 4 is 28.8 Å². The van der Waals surface area contributed by atoms with Crippen molar-refractivity contribution in [1.29, 1.82) is 0 Å². The number of rotatable bonds is 9. The number of carbonyl (C=O) groups is 2. The van der Waals surface area contributed by atoms with Crippen LogP contribution in [-0.2, 0) is 17.9 Å². The van der Waals surface area contributed by atoms with Gasteiger partial charge < -0.3 is 19.8 Å². The van der Waals surface area contributed by atoms with Crippen molar-refractivity contribution in [2.45, 2.75) is 33.4 Å². The standard InChI is InChI=1S/C27H29N5O2/c1-3-32-18-22(23-7-4-5-8-25(23)32)17-24(30-26(33)21-11-9-20(2)10-12-21)27(34)29-13-6-15-31-16-14-28-19-31/h4-5,7-12,14,16-19H,3,6,13,15H2,1-2H3,(H,29,34)(H,30,33)/b24-17-. The first-order valence-corrected chi connectivity index (χ1v) is 11.5. The minimum atomic E-state index is -0.320. The van der Waals surface area contributed by atoms with E-state index in [0.717, 1.165) is 41.5 Å². The van der Waals surface area contributed by atoms with Crippen molar-refractivity contribution in [3.05, 3.63) is 95.8 Å². The van der Waals surface area contributed by atoms with E-state index in [2.05, 4.69) is 33.2 Å².